The summed E-state index contributed by atoms with van der Waals surface area (Å²) in [5, 5.41) is 7.28. The van der Waals surface area contributed by atoms with E-state index in [1.54, 1.807) is 13.8 Å². The largest absolute Gasteiger partial charge is 0.453 e. The molecule has 1 fully saturated rings. The van der Waals surface area contributed by atoms with Crippen LogP contribution in [-0.2, 0) is 17.4 Å². The second-order valence-corrected chi connectivity index (χ2v) is 10.8. The molecule has 1 saturated heterocycles. The number of alkyl halides is 3. The Kier molecular flexibility index (Phi) is 7.32. The molecule has 0 aromatic carbocycles. The van der Waals surface area contributed by atoms with Crippen LogP contribution >= 0.6 is 0 Å². The van der Waals surface area contributed by atoms with Gasteiger partial charge in [-0.1, -0.05) is 13.3 Å². The first-order valence-electron chi connectivity index (χ1n) is 12.0. The molecular weight excluding hydrogens is 445 g/mol. The molecule has 7 nitrogen and oxygen atoms in total. The molecule has 0 bridgehead atoms. The molecule has 10 heteroatoms. The van der Waals surface area contributed by atoms with Crippen molar-refractivity contribution < 1.29 is 18.0 Å². The molecular formula is C24H37F3N6O. The fourth-order valence-electron chi connectivity index (χ4n) is 5.39. The lowest BCUT2D eigenvalue weighted by molar-refractivity contribution is -0.144. The summed E-state index contributed by atoms with van der Waals surface area (Å²) in [5.74, 6) is -1.22. The summed E-state index contributed by atoms with van der Waals surface area (Å²) in [5.41, 5.74) is 1.68. The van der Waals surface area contributed by atoms with E-state index in [2.05, 4.69) is 55.0 Å². The average molecular weight is 483 g/mol. The Labute approximate surface area is 199 Å². The minimum atomic E-state index is -4.64. The summed E-state index contributed by atoms with van der Waals surface area (Å²) in [6.45, 7) is 14.9. The average Bonchev–Trinajstić information content (AvgIpc) is 3.10. The number of hydrogen-bond acceptors (Lipinski definition) is 5. The summed E-state index contributed by atoms with van der Waals surface area (Å²) in [6.07, 6.45) is -0.311. The van der Waals surface area contributed by atoms with Gasteiger partial charge in [0.15, 0.2) is 0 Å². The molecule has 1 amide bonds. The van der Waals surface area contributed by atoms with Gasteiger partial charge in [-0.2, -0.15) is 18.2 Å². The predicted octanol–water partition coefficient (Wildman–Crippen LogP) is 4.63. The molecule has 1 aliphatic rings. The molecule has 0 unspecified atom stereocenters. The Morgan fingerprint density at radius 3 is 2.32 bits per heavy atom. The number of carbonyl (C=O) groups excluding carboxylic acids is 1. The molecule has 34 heavy (non-hydrogen) atoms. The number of unbranched alkanes of at least 4 members (excludes halogenated alkanes) is 1. The second kappa shape index (κ2) is 9.43. The maximum atomic E-state index is 13.5. The first-order valence-corrected chi connectivity index (χ1v) is 12.0. The molecule has 1 aliphatic heterocycles. The number of carbonyl (C=O) groups is 1. The topological polar surface area (TPSA) is 75.4 Å². The minimum absolute atomic E-state index is 0.0698. The molecule has 0 saturated carbocycles. The van der Waals surface area contributed by atoms with E-state index < -0.39 is 12.0 Å². The summed E-state index contributed by atoms with van der Waals surface area (Å²) in [4.78, 5) is 23.3. The van der Waals surface area contributed by atoms with E-state index in [9.17, 15) is 18.0 Å². The van der Waals surface area contributed by atoms with E-state index in [4.69, 9.17) is 0 Å². The van der Waals surface area contributed by atoms with Crippen LogP contribution < -0.4 is 5.32 Å². The van der Waals surface area contributed by atoms with Crippen molar-refractivity contribution in [1.82, 2.24) is 29.8 Å². The fraction of sp³-hybridized carbons (Fsp3) is 0.750. The Balaban J connectivity index is 1.82. The number of nitrogens with one attached hydrogen (secondary N) is 1. The van der Waals surface area contributed by atoms with E-state index >= 15 is 0 Å². The van der Waals surface area contributed by atoms with Crippen molar-refractivity contribution in [2.75, 3.05) is 6.54 Å². The van der Waals surface area contributed by atoms with E-state index in [-0.39, 0.29) is 35.2 Å². The van der Waals surface area contributed by atoms with Crippen LogP contribution in [0, 0.1) is 13.8 Å². The van der Waals surface area contributed by atoms with Crippen molar-refractivity contribution in [2.24, 2.45) is 0 Å². The van der Waals surface area contributed by atoms with Crippen LogP contribution in [0.15, 0.2) is 0 Å². The van der Waals surface area contributed by atoms with Crippen LogP contribution in [0.3, 0.4) is 0 Å². The van der Waals surface area contributed by atoms with Crippen LogP contribution in [-0.4, -0.2) is 54.1 Å². The zero-order valence-electron chi connectivity index (χ0n) is 21.3. The van der Waals surface area contributed by atoms with Gasteiger partial charge in [-0.3, -0.25) is 4.79 Å². The lowest BCUT2D eigenvalue weighted by Crippen LogP contribution is -2.62. The highest BCUT2D eigenvalue weighted by atomic mass is 19.4. The van der Waals surface area contributed by atoms with Gasteiger partial charge in [0.1, 0.15) is 0 Å². The van der Waals surface area contributed by atoms with Crippen molar-refractivity contribution in [1.29, 1.82) is 0 Å². The van der Waals surface area contributed by atoms with Gasteiger partial charge in [0.2, 0.25) is 5.91 Å². The number of amides is 1. The van der Waals surface area contributed by atoms with E-state index in [1.165, 1.54) is 0 Å². The molecule has 0 atom stereocenters. The monoisotopic (exact) mass is 482 g/mol. The Morgan fingerprint density at radius 2 is 1.76 bits per heavy atom. The number of aryl methyl sites for hydroxylation is 2. The van der Waals surface area contributed by atoms with Crippen LogP contribution in [0.2, 0.25) is 0 Å². The van der Waals surface area contributed by atoms with Gasteiger partial charge in [-0.05, 0) is 72.8 Å². The quantitative estimate of drug-likeness (QED) is 0.623. The number of fused-ring (bicyclic) bond motifs is 1. The number of halogens is 3. The first kappa shape index (κ1) is 26.4. The van der Waals surface area contributed by atoms with Gasteiger partial charge < -0.3 is 10.2 Å². The second-order valence-electron chi connectivity index (χ2n) is 10.8. The van der Waals surface area contributed by atoms with Crippen molar-refractivity contribution >= 4 is 11.7 Å². The van der Waals surface area contributed by atoms with Gasteiger partial charge in [0.25, 0.3) is 11.6 Å². The van der Waals surface area contributed by atoms with Gasteiger partial charge in [0.05, 0.1) is 0 Å². The van der Waals surface area contributed by atoms with Crippen LogP contribution in [0.4, 0.5) is 13.2 Å². The third-order valence-electron chi connectivity index (χ3n) is 6.57. The van der Waals surface area contributed by atoms with Crippen LogP contribution in [0.25, 0.3) is 5.78 Å². The Morgan fingerprint density at radius 1 is 1.15 bits per heavy atom. The normalized spacial score (nSPS) is 18.4. The molecule has 190 valence electrons. The van der Waals surface area contributed by atoms with Crippen molar-refractivity contribution in [2.45, 2.75) is 110 Å². The van der Waals surface area contributed by atoms with E-state index in [0.717, 1.165) is 35.8 Å². The Bertz CT molecular complexity index is 1030. The molecule has 2 aromatic rings. The standard InChI is InChI=1S/C24H37F3N6O/c1-8-9-12-32(17-13-22(4,5)31-23(6,7)14-17)19(34)11-10-18-15(2)28-21-29-20(24(25,26)27)30-33(21)16(18)3/h17,31H,8-14H2,1-7H3. The van der Waals surface area contributed by atoms with Gasteiger partial charge in [-0.15, -0.1) is 5.10 Å². The highest BCUT2D eigenvalue weighted by molar-refractivity contribution is 5.77. The zero-order valence-corrected chi connectivity index (χ0v) is 21.3. The number of piperidine rings is 1. The number of nitrogens with zero attached hydrogens (tertiary/aromatic N) is 5. The first-order chi connectivity index (χ1) is 15.6. The molecule has 2 aromatic heterocycles. The van der Waals surface area contributed by atoms with Gasteiger partial charge >= 0.3 is 6.18 Å². The SMILES string of the molecule is CCCCN(C(=O)CCc1c(C)nc2nc(C(F)(F)F)nn2c1C)C1CC(C)(C)NC(C)(C)C1. The highest BCUT2D eigenvalue weighted by Gasteiger charge is 2.41. The van der Waals surface area contributed by atoms with E-state index in [0.29, 0.717) is 24.4 Å². The number of hydrogen-bond donors (Lipinski definition) is 1. The summed E-state index contributed by atoms with van der Waals surface area (Å²) in [6, 6.07) is 0.137. The maximum Gasteiger partial charge on any atom is 0.453 e. The summed E-state index contributed by atoms with van der Waals surface area (Å²) in [7, 11) is 0. The molecule has 3 heterocycles. The number of aromatic nitrogens is 4. The smallest absolute Gasteiger partial charge is 0.340 e. The molecule has 1 N–H and O–H groups in total. The van der Waals surface area contributed by atoms with E-state index in [1.807, 2.05) is 4.90 Å². The fourth-order valence-corrected chi connectivity index (χ4v) is 5.39. The van der Waals surface area contributed by atoms with Crippen LogP contribution in [0.1, 0.15) is 89.5 Å². The molecule has 0 radical (unpaired) electrons. The van der Waals surface area contributed by atoms with Gasteiger partial charge in [-0.25, -0.2) is 9.50 Å². The minimum Gasteiger partial charge on any atom is -0.340 e. The lowest BCUT2D eigenvalue weighted by atomic mass is 9.79. The Hall–Kier alpha value is -2.23. The van der Waals surface area contributed by atoms with Crippen molar-refractivity contribution in [3.05, 3.63) is 22.8 Å². The third kappa shape index (κ3) is 5.87. The van der Waals surface area contributed by atoms with Crippen molar-refractivity contribution in [3.8, 4) is 0 Å². The molecule has 0 spiro atoms. The van der Waals surface area contributed by atoms with Gasteiger partial charge in [0, 0.05) is 41.5 Å². The van der Waals surface area contributed by atoms with Crippen LogP contribution in [0.5, 0.6) is 0 Å². The predicted molar refractivity (Wildman–Crippen MR) is 125 cm³/mol. The van der Waals surface area contributed by atoms with Crippen molar-refractivity contribution in [3.63, 3.8) is 0 Å². The third-order valence-corrected chi connectivity index (χ3v) is 6.57. The summed E-state index contributed by atoms with van der Waals surface area (Å²) >= 11 is 0. The summed E-state index contributed by atoms with van der Waals surface area (Å²) < 4.78 is 40.3. The number of rotatable bonds is 7. The maximum absolute atomic E-state index is 13.5. The zero-order chi connectivity index (χ0) is 25.5. The molecule has 0 aliphatic carbocycles. The molecule has 3 rings (SSSR count). The lowest BCUT2D eigenvalue weighted by Gasteiger charge is -2.49. The highest BCUT2D eigenvalue weighted by Crippen LogP contribution is 2.32.